The number of ether oxygens (including phenoxy) is 2. The fourth-order valence-corrected chi connectivity index (χ4v) is 3.01. The number of hydrogen-bond acceptors (Lipinski definition) is 5. The van der Waals surface area contributed by atoms with E-state index in [0.29, 0.717) is 30.3 Å². The predicted octanol–water partition coefficient (Wildman–Crippen LogP) is 4.09. The van der Waals surface area contributed by atoms with Crippen molar-refractivity contribution in [2.24, 2.45) is 0 Å². The Balaban J connectivity index is 1.46. The Morgan fingerprint density at radius 2 is 1.79 bits per heavy atom. The van der Waals surface area contributed by atoms with Gasteiger partial charge in [-0.15, -0.1) is 0 Å². The van der Waals surface area contributed by atoms with Crippen molar-refractivity contribution < 1.29 is 14.3 Å². The molecule has 0 fully saturated rings. The van der Waals surface area contributed by atoms with E-state index in [1.807, 2.05) is 55.5 Å². The summed E-state index contributed by atoms with van der Waals surface area (Å²) in [6.45, 7) is 3.05. The Morgan fingerprint density at radius 1 is 1.00 bits per heavy atom. The zero-order valence-corrected chi connectivity index (χ0v) is 15.5. The second-order valence-electron chi connectivity index (χ2n) is 6.52. The molecule has 28 heavy (non-hydrogen) atoms. The molecule has 0 radical (unpaired) electrons. The summed E-state index contributed by atoms with van der Waals surface area (Å²) in [5.74, 6) is 1.86. The number of pyridine rings is 1. The van der Waals surface area contributed by atoms with Crippen LogP contribution in [0.4, 0.5) is 11.5 Å². The highest BCUT2D eigenvalue weighted by Crippen LogP contribution is 2.33. The van der Waals surface area contributed by atoms with Crippen LogP contribution in [0.3, 0.4) is 0 Å². The highest BCUT2D eigenvalue weighted by Gasteiger charge is 2.14. The lowest BCUT2D eigenvalue weighted by molar-refractivity contribution is 0.0940. The van der Waals surface area contributed by atoms with Crippen LogP contribution in [0.2, 0.25) is 0 Å². The molecular weight excluding hydrogens is 354 g/mol. The Morgan fingerprint density at radius 3 is 2.61 bits per heavy atom. The molecule has 0 saturated carbocycles. The SMILES string of the molecule is CC(NC(=O)c1ccnc(Nc2ccc3c(c2)OCCO3)c1)c1ccccc1. The van der Waals surface area contributed by atoms with Crippen molar-refractivity contribution in [1.82, 2.24) is 10.3 Å². The Hall–Kier alpha value is -3.54. The summed E-state index contributed by atoms with van der Waals surface area (Å²) >= 11 is 0. The standard InChI is InChI=1S/C22H21N3O3/c1-15(16-5-3-2-4-6-16)24-22(26)17-9-10-23-21(13-17)25-18-7-8-19-20(14-18)28-12-11-27-19/h2-10,13-15H,11-12H2,1H3,(H,23,25)(H,24,26). The van der Waals surface area contributed by atoms with Gasteiger partial charge in [0, 0.05) is 23.5 Å². The first-order valence-electron chi connectivity index (χ1n) is 9.17. The average Bonchev–Trinajstić information content (AvgIpc) is 2.74. The summed E-state index contributed by atoms with van der Waals surface area (Å²) in [4.78, 5) is 16.9. The molecule has 2 aromatic carbocycles. The lowest BCUT2D eigenvalue weighted by Gasteiger charge is -2.19. The molecule has 1 atom stereocenters. The van der Waals surface area contributed by atoms with Gasteiger partial charge in [0.25, 0.3) is 5.91 Å². The van der Waals surface area contributed by atoms with Crippen molar-refractivity contribution >= 4 is 17.4 Å². The van der Waals surface area contributed by atoms with E-state index < -0.39 is 0 Å². The number of fused-ring (bicyclic) bond motifs is 1. The molecule has 2 heterocycles. The lowest BCUT2D eigenvalue weighted by Crippen LogP contribution is -2.26. The largest absolute Gasteiger partial charge is 0.486 e. The van der Waals surface area contributed by atoms with Gasteiger partial charge in [-0.25, -0.2) is 4.98 Å². The van der Waals surface area contributed by atoms with Crippen LogP contribution < -0.4 is 20.1 Å². The first-order valence-corrected chi connectivity index (χ1v) is 9.17. The molecule has 6 nitrogen and oxygen atoms in total. The summed E-state index contributed by atoms with van der Waals surface area (Å²) < 4.78 is 11.1. The van der Waals surface area contributed by atoms with Gasteiger partial charge in [0.15, 0.2) is 11.5 Å². The monoisotopic (exact) mass is 375 g/mol. The van der Waals surface area contributed by atoms with E-state index in [4.69, 9.17) is 9.47 Å². The zero-order valence-electron chi connectivity index (χ0n) is 15.5. The minimum absolute atomic E-state index is 0.0870. The van der Waals surface area contributed by atoms with Crippen molar-refractivity contribution in [3.8, 4) is 11.5 Å². The van der Waals surface area contributed by atoms with Crippen molar-refractivity contribution in [1.29, 1.82) is 0 Å². The van der Waals surface area contributed by atoms with Crippen LogP contribution in [-0.2, 0) is 0 Å². The maximum Gasteiger partial charge on any atom is 0.251 e. The van der Waals surface area contributed by atoms with E-state index in [9.17, 15) is 4.79 Å². The highest BCUT2D eigenvalue weighted by atomic mass is 16.6. The van der Waals surface area contributed by atoms with E-state index in [-0.39, 0.29) is 11.9 Å². The predicted molar refractivity (Wildman–Crippen MR) is 107 cm³/mol. The number of rotatable bonds is 5. The van der Waals surface area contributed by atoms with Crippen molar-refractivity contribution in [2.45, 2.75) is 13.0 Å². The summed E-state index contributed by atoms with van der Waals surface area (Å²) in [6.07, 6.45) is 1.61. The first kappa shape index (κ1) is 17.9. The van der Waals surface area contributed by atoms with Gasteiger partial charge in [-0.05, 0) is 36.8 Å². The van der Waals surface area contributed by atoms with Gasteiger partial charge in [-0.1, -0.05) is 30.3 Å². The minimum Gasteiger partial charge on any atom is -0.486 e. The molecule has 0 spiro atoms. The third kappa shape index (κ3) is 4.06. The van der Waals surface area contributed by atoms with E-state index in [0.717, 1.165) is 17.0 Å². The fraction of sp³-hybridized carbons (Fsp3) is 0.182. The molecule has 4 rings (SSSR count). The lowest BCUT2D eigenvalue weighted by atomic mass is 10.1. The molecule has 1 amide bonds. The molecular formula is C22H21N3O3. The van der Waals surface area contributed by atoms with Gasteiger partial charge in [-0.2, -0.15) is 0 Å². The minimum atomic E-state index is -0.149. The number of benzene rings is 2. The number of amides is 1. The molecule has 6 heteroatoms. The van der Waals surface area contributed by atoms with Crippen molar-refractivity contribution in [2.75, 3.05) is 18.5 Å². The molecule has 1 unspecified atom stereocenters. The van der Waals surface area contributed by atoms with Crippen molar-refractivity contribution in [3.05, 3.63) is 78.0 Å². The fourth-order valence-electron chi connectivity index (χ4n) is 3.01. The van der Waals surface area contributed by atoms with Gasteiger partial charge in [0.1, 0.15) is 19.0 Å². The Kier molecular flexibility index (Phi) is 5.10. The van der Waals surface area contributed by atoms with Crippen LogP contribution in [0.15, 0.2) is 66.9 Å². The highest BCUT2D eigenvalue weighted by molar-refractivity contribution is 5.95. The quantitative estimate of drug-likeness (QED) is 0.703. The Bertz CT molecular complexity index is 976. The van der Waals surface area contributed by atoms with Crippen LogP contribution in [0.25, 0.3) is 0 Å². The van der Waals surface area contributed by atoms with Crippen LogP contribution >= 0.6 is 0 Å². The molecule has 0 bridgehead atoms. The van der Waals surface area contributed by atoms with Crippen LogP contribution in [0.5, 0.6) is 11.5 Å². The number of hydrogen-bond donors (Lipinski definition) is 2. The molecule has 3 aromatic rings. The average molecular weight is 375 g/mol. The summed E-state index contributed by atoms with van der Waals surface area (Å²) in [6, 6.07) is 18.8. The van der Waals surface area contributed by atoms with E-state index >= 15 is 0 Å². The van der Waals surface area contributed by atoms with E-state index in [1.165, 1.54) is 0 Å². The summed E-state index contributed by atoms with van der Waals surface area (Å²) in [5, 5.41) is 6.22. The summed E-state index contributed by atoms with van der Waals surface area (Å²) in [5.41, 5.74) is 2.41. The van der Waals surface area contributed by atoms with Crippen LogP contribution in [-0.4, -0.2) is 24.1 Å². The molecule has 0 saturated heterocycles. The molecule has 1 aromatic heterocycles. The van der Waals surface area contributed by atoms with Gasteiger partial charge in [0.05, 0.1) is 6.04 Å². The molecule has 1 aliphatic heterocycles. The number of carbonyl (C=O) groups excluding carboxylic acids is 1. The van der Waals surface area contributed by atoms with Crippen molar-refractivity contribution in [3.63, 3.8) is 0 Å². The number of nitrogens with one attached hydrogen (secondary N) is 2. The maximum absolute atomic E-state index is 12.6. The zero-order chi connectivity index (χ0) is 19.3. The Labute approximate surface area is 163 Å². The third-order valence-electron chi connectivity index (χ3n) is 4.48. The smallest absolute Gasteiger partial charge is 0.251 e. The maximum atomic E-state index is 12.6. The molecule has 142 valence electrons. The number of carbonyl (C=O) groups is 1. The third-order valence-corrected chi connectivity index (χ3v) is 4.48. The van der Waals surface area contributed by atoms with Crippen LogP contribution in [0.1, 0.15) is 28.9 Å². The second kappa shape index (κ2) is 8.00. The normalized spacial score (nSPS) is 13.5. The number of anilines is 2. The second-order valence-corrected chi connectivity index (χ2v) is 6.52. The van der Waals surface area contributed by atoms with Crippen LogP contribution in [0, 0.1) is 0 Å². The number of nitrogens with zero attached hydrogens (tertiary/aromatic N) is 1. The van der Waals surface area contributed by atoms with Gasteiger partial charge in [0.2, 0.25) is 0 Å². The summed E-state index contributed by atoms with van der Waals surface area (Å²) in [7, 11) is 0. The van der Waals surface area contributed by atoms with E-state index in [1.54, 1.807) is 18.3 Å². The topological polar surface area (TPSA) is 72.5 Å². The van der Waals surface area contributed by atoms with E-state index in [2.05, 4.69) is 15.6 Å². The number of aromatic nitrogens is 1. The van der Waals surface area contributed by atoms with Gasteiger partial charge in [-0.3, -0.25) is 4.79 Å². The first-order chi connectivity index (χ1) is 13.7. The molecule has 1 aliphatic rings. The van der Waals surface area contributed by atoms with Gasteiger partial charge >= 0.3 is 0 Å². The van der Waals surface area contributed by atoms with Gasteiger partial charge < -0.3 is 20.1 Å². The molecule has 2 N–H and O–H groups in total. The molecule has 0 aliphatic carbocycles.